The minimum absolute atomic E-state index is 0.565. The molecule has 0 saturated carbocycles. The number of likely N-dealkylation sites (N-methyl/N-ethyl adjacent to an activating group) is 1. The van der Waals surface area contributed by atoms with Gasteiger partial charge in [-0.15, -0.1) is 0 Å². The van der Waals surface area contributed by atoms with Gasteiger partial charge in [0.15, 0.2) is 0 Å². The molecule has 1 fully saturated rings. The van der Waals surface area contributed by atoms with Crippen LogP contribution >= 0.6 is 15.9 Å². The molecule has 1 unspecified atom stereocenters. The molecule has 0 radical (unpaired) electrons. The fourth-order valence-electron chi connectivity index (χ4n) is 2.46. The van der Waals surface area contributed by atoms with Gasteiger partial charge in [0.05, 0.1) is 16.4 Å². The third kappa shape index (κ3) is 2.47. The lowest BCUT2D eigenvalue weighted by atomic mass is 10.1. The van der Waals surface area contributed by atoms with E-state index in [9.17, 15) is 0 Å². The van der Waals surface area contributed by atoms with E-state index < -0.39 is 0 Å². The first-order chi connectivity index (χ1) is 8.54. The van der Waals surface area contributed by atoms with Gasteiger partial charge in [0, 0.05) is 25.7 Å². The molecule has 1 saturated heterocycles. The number of anilines is 2. The number of hydrogen-bond acceptors (Lipinski definition) is 4. The topological polar surface area (TPSA) is 45.4 Å². The van der Waals surface area contributed by atoms with Gasteiger partial charge < -0.3 is 10.6 Å². The number of piperazine rings is 1. The second-order valence-electron chi connectivity index (χ2n) is 4.90. The first kappa shape index (κ1) is 13.6. The van der Waals surface area contributed by atoms with Crippen LogP contribution in [0.3, 0.4) is 0 Å². The number of pyridine rings is 1. The van der Waals surface area contributed by atoms with Crippen molar-refractivity contribution in [3.05, 3.63) is 16.2 Å². The minimum Gasteiger partial charge on any atom is -0.397 e. The zero-order valence-electron chi connectivity index (χ0n) is 11.3. The van der Waals surface area contributed by atoms with Crippen molar-refractivity contribution in [3.63, 3.8) is 0 Å². The highest BCUT2D eigenvalue weighted by Gasteiger charge is 2.25. The van der Waals surface area contributed by atoms with Gasteiger partial charge in [0.1, 0.15) is 5.82 Å². The van der Waals surface area contributed by atoms with Crippen molar-refractivity contribution < 1.29 is 0 Å². The van der Waals surface area contributed by atoms with E-state index in [0.717, 1.165) is 47.7 Å². The van der Waals surface area contributed by atoms with E-state index in [1.54, 1.807) is 6.20 Å². The van der Waals surface area contributed by atoms with Crippen LogP contribution in [0.4, 0.5) is 11.5 Å². The molecule has 2 N–H and O–H groups in total. The van der Waals surface area contributed by atoms with E-state index in [1.807, 2.05) is 6.92 Å². The largest absolute Gasteiger partial charge is 0.397 e. The smallest absolute Gasteiger partial charge is 0.143 e. The SMILES string of the molecule is CCN1CCN(c2ncc(N)c(C)c2Br)CC1C. The van der Waals surface area contributed by atoms with E-state index in [0.29, 0.717) is 6.04 Å². The fourth-order valence-corrected chi connectivity index (χ4v) is 3.04. The van der Waals surface area contributed by atoms with E-state index in [-0.39, 0.29) is 0 Å². The van der Waals surface area contributed by atoms with Crippen LogP contribution in [0.2, 0.25) is 0 Å². The standard InChI is InChI=1S/C13H21BrN4/c1-4-17-5-6-18(8-9(17)2)13-12(14)10(3)11(15)7-16-13/h7,9H,4-6,8,15H2,1-3H3. The van der Waals surface area contributed by atoms with Crippen molar-refractivity contribution in [1.29, 1.82) is 0 Å². The lowest BCUT2D eigenvalue weighted by Gasteiger charge is -2.40. The average Bonchev–Trinajstić information content (AvgIpc) is 2.36. The summed E-state index contributed by atoms with van der Waals surface area (Å²) in [6, 6.07) is 0.565. The number of aromatic nitrogens is 1. The fraction of sp³-hybridized carbons (Fsp3) is 0.615. The number of nitrogens with two attached hydrogens (primary N) is 1. The Labute approximate surface area is 117 Å². The Morgan fingerprint density at radius 1 is 1.50 bits per heavy atom. The van der Waals surface area contributed by atoms with Crippen molar-refractivity contribution in [2.75, 3.05) is 36.8 Å². The van der Waals surface area contributed by atoms with E-state index in [1.165, 1.54) is 0 Å². The van der Waals surface area contributed by atoms with Gasteiger partial charge in [0.2, 0.25) is 0 Å². The number of nitrogens with zero attached hydrogens (tertiary/aromatic N) is 3. The first-order valence-corrected chi connectivity index (χ1v) is 7.23. The summed E-state index contributed by atoms with van der Waals surface area (Å²) in [5.41, 5.74) is 7.69. The molecule has 1 aromatic rings. The predicted molar refractivity (Wildman–Crippen MR) is 80.0 cm³/mol. The maximum Gasteiger partial charge on any atom is 0.143 e. The zero-order chi connectivity index (χ0) is 13.3. The van der Waals surface area contributed by atoms with E-state index in [2.05, 4.69) is 44.6 Å². The summed E-state index contributed by atoms with van der Waals surface area (Å²) in [4.78, 5) is 9.32. The Kier molecular flexibility index (Phi) is 4.12. The Bertz CT molecular complexity index is 435. The molecule has 1 aliphatic heterocycles. The monoisotopic (exact) mass is 312 g/mol. The number of nitrogen functional groups attached to an aromatic ring is 1. The van der Waals surface area contributed by atoms with Crippen molar-refractivity contribution in [2.45, 2.75) is 26.8 Å². The molecule has 0 aromatic carbocycles. The molecule has 2 heterocycles. The molecule has 18 heavy (non-hydrogen) atoms. The molecular formula is C13H21BrN4. The Morgan fingerprint density at radius 3 is 2.83 bits per heavy atom. The summed E-state index contributed by atoms with van der Waals surface area (Å²) >= 11 is 3.62. The van der Waals surface area contributed by atoms with Crippen LogP contribution < -0.4 is 10.6 Å². The highest BCUT2D eigenvalue weighted by molar-refractivity contribution is 9.10. The van der Waals surface area contributed by atoms with Crippen molar-refractivity contribution in [1.82, 2.24) is 9.88 Å². The first-order valence-electron chi connectivity index (χ1n) is 6.44. The zero-order valence-corrected chi connectivity index (χ0v) is 12.9. The lowest BCUT2D eigenvalue weighted by Crippen LogP contribution is -2.52. The van der Waals surface area contributed by atoms with Crippen LogP contribution in [0.15, 0.2) is 10.7 Å². The van der Waals surface area contributed by atoms with Crippen molar-refractivity contribution >= 4 is 27.4 Å². The van der Waals surface area contributed by atoms with Gasteiger partial charge in [-0.2, -0.15) is 0 Å². The molecule has 0 aliphatic carbocycles. The summed E-state index contributed by atoms with van der Waals surface area (Å²) in [5.74, 6) is 1.02. The summed E-state index contributed by atoms with van der Waals surface area (Å²) in [6.07, 6.45) is 1.76. The Hall–Kier alpha value is -0.810. The second kappa shape index (κ2) is 5.45. The second-order valence-corrected chi connectivity index (χ2v) is 5.69. The number of halogens is 1. The summed E-state index contributed by atoms with van der Waals surface area (Å²) in [6.45, 7) is 10.8. The third-order valence-electron chi connectivity index (χ3n) is 3.76. The Balaban J connectivity index is 2.21. The van der Waals surface area contributed by atoms with E-state index in [4.69, 9.17) is 5.73 Å². The molecule has 100 valence electrons. The van der Waals surface area contributed by atoms with Crippen molar-refractivity contribution in [2.24, 2.45) is 0 Å². The van der Waals surface area contributed by atoms with Crippen molar-refractivity contribution in [3.8, 4) is 0 Å². The highest BCUT2D eigenvalue weighted by Crippen LogP contribution is 2.31. The summed E-state index contributed by atoms with van der Waals surface area (Å²) < 4.78 is 1.03. The maximum absolute atomic E-state index is 5.87. The number of rotatable bonds is 2. The quantitative estimate of drug-likeness (QED) is 0.910. The summed E-state index contributed by atoms with van der Waals surface area (Å²) in [7, 11) is 0. The van der Waals surface area contributed by atoms with Gasteiger partial charge in [-0.3, -0.25) is 4.90 Å². The van der Waals surface area contributed by atoms with Gasteiger partial charge in [0.25, 0.3) is 0 Å². The molecule has 1 aliphatic rings. The molecule has 0 bridgehead atoms. The normalized spacial score (nSPS) is 21.3. The van der Waals surface area contributed by atoms with Crippen LogP contribution in [-0.2, 0) is 0 Å². The van der Waals surface area contributed by atoms with Crippen LogP contribution in [-0.4, -0.2) is 42.1 Å². The van der Waals surface area contributed by atoms with Gasteiger partial charge in [-0.1, -0.05) is 6.92 Å². The summed E-state index contributed by atoms with van der Waals surface area (Å²) in [5, 5.41) is 0. The molecule has 2 rings (SSSR count). The molecule has 4 nitrogen and oxygen atoms in total. The Morgan fingerprint density at radius 2 is 2.22 bits per heavy atom. The maximum atomic E-state index is 5.87. The highest BCUT2D eigenvalue weighted by atomic mass is 79.9. The molecule has 0 amide bonds. The molecule has 0 spiro atoms. The van der Waals surface area contributed by atoms with Crippen LogP contribution in [0, 0.1) is 6.92 Å². The lowest BCUT2D eigenvalue weighted by molar-refractivity contribution is 0.199. The van der Waals surface area contributed by atoms with E-state index >= 15 is 0 Å². The third-order valence-corrected chi connectivity index (χ3v) is 4.70. The molecule has 1 atom stereocenters. The van der Waals surface area contributed by atoms with Crippen LogP contribution in [0.5, 0.6) is 0 Å². The average molecular weight is 313 g/mol. The minimum atomic E-state index is 0.565. The molecule has 5 heteroatoms. The van der Waals surface area contributed by atoms with Gasteiger partial charge in [-0.05, 0) is 41.9 Å². The van der Waals surface area contributed by atoms with Crippen LogP contribution in [0.1, 0.15) is 19.4 Å². The predicted octanol–water partition coefficient (Wildman–Crippen LogP) is 2.27. The number of hydrogen-bond donors (Lipinski definition) is 1. The van der Waals surface area contributed by atoms with Gasteiger partial charge in [-0.25, -0.2) is 4.98 Å². The van der Waals surface area contributed by atoms with Gasteiger partial charge >= 0.3 is 0 Å². The molecular weight excluding hydrogens is 292 g/mol. The molecule has 1 aromatic heterocycles. The van der Waals surface area contributed by atoms with Crippen LogP contribution in [0.25, 0.3) is 0 Å².